The van der Waals surface area contributed by atoms with E-state index >= 15 is 0 Å². The molecule has 0 aliphatic carbocycles. The normalized spacial score (nSPS) is 14.7. The highest BCUT2D eigenvalue weighted by molar-refractivity contribution is 5.81. The van der Waals surface area contributed by atoms with Gasteiger partial charge in [-0.05, 0) is 40.0 Å². The molecule has 0 heterocycles. The monoisotopic (exact) mass is 269 g/mol. The van der Waals surface area contributed by atoms with Crippen molar-refractivity contribution in [1.29, 1.82) is 0 Å². The number of carbonyl (C=O) groups is 2. The third-order valence-electron chi connectivity index (χ3n) is 2.58. The van der Waals surface area contributed by atoms with Gasteiger partial charge in [0.1, 0.15) is 11.4 Å². The number of carbonyl (C=O) groups excluding carboxylic acids is 2. The molecule has 0 saturated carbocycles. The Bertz CT molecular complexity index is 329. The van der Waals surface area contributed by atoms with Crippen molar-refractivity contribution in [2.24, 2.45) is 11.8 Å². The summed E-state index contributed by atoms with van der Waals surface area (Å²) in [6.45, 7) is 14.7. The zero-order chi connectivity index (χ0) is 15.2. The molecule has 0 saturated heterocycles. The van der Waals surface area contributed by atoms with Crippen LogP contribution in [0.5, 0.6) is 0 Å². The van der Waals surface area contributed by atoms with E-state index in [4.69, 9.17) is 4.74 Å². The van der Waals surface area contributed by atoms with E-state index in [0.29, 0.717) is 12.3 Å². The third-order valence-corrected chi connectivity index (χ3v) is 2.58. The number of rotatable bonds is 6. The molecule has 1 amide bonds. The molecule has 2 atom stereocenters. The van der Waals surface area contributed by atoms with Crippen LogP contribution in [0.15, 0.2) is 12.7 Å². The van der Waals surface area contributed by atoms with Crippen molar-refractivity contribution >= 4 is 11.9 Å². The lowest BCUT2D eigenvalue weighted by Gasteiger charge is -2.27. The molecule has 0 unspecified atom stereocenters. The van der Waals surface area contributed by atoms with E-state index in [9.17, 15) is 9.59 Å². The first-order valence-electron chi connectivity index (χ1n) is 6.69. The van der Waals surface area contributed by atoms with E-state index in [1.165, 1.54) is 6.92 Å². The van der Waals surface area contributed by atoms with Crippen molar-refractivity contribution in [3.63, 3.8) is 0 Å². The van der Waals surface area contributed by atoms with Crippen molar-refractivity contribution in [3.05, 3.63) is 12.7 Å². The van der Waals surface area contributed by atoms with Crippen LogP contribution in [-0.4, -0.2) is 23.5 Å². The fourth-order valence-electron chi connectivity index (χ4n) is 1.88. The van der Waals surface area contributed by atoms with E-state index < -0.39 is 11.7 Å². The zero-order valence-electron chi connectivity index (χ0n) is 12.9. The molecule has 0 bridgehead atoms. The van der Waals surface area contributed by atoms with E-state index in [1.54, 1.807) is 26.8 Å². The van der Waals surface area contributed by atoms with Crippen LogP contribution < -0.4 is 5.32 Å². The molecule has 0 spiro atoms. The Hall–Kier alpha value is -1.32. The van der Waals surface area contributed by atoms with Crippen LogP contribution in [0.25, 0.3) is 0 Å². The minimum Gasteiger partial charge on any atom is -0.444 e. The summed E-state index contributed by atoms with van der Waals surface area (Å²) in [5.74, 6) is -0.0200. The fourth-order valence-corrected chi connectivity index (χ4v) is 1.88. The molecule has 0 aliphatic rings. The van der Waals surface area contributed by atoms with Crippen molar-refractivity contribution in [2.75, 3.05) is 0 Å². The van der Waals surface area contributed by atoms with Gasteiger partial charge in [0.25, 0.3) is 0 Å². The molecular formula is C15H27NO3. The van der Waals surface area contributed by atoms with Crippen molar-refractivity contribution in [1.82, 2.24) is 5.32 Å². The smallest absolute Gasteiger partial charge is 0.407 e. The maximum atomic E-state index is 11.8. The first-order valence-corrected chi connectivity index (χ1v) is 6.69. The fraction of sp³-hybridized carbons (Fsp3) is 0.733. The lowest BCUT2D eigenvalue weighted by molar-refractivity contribution is -0.120. The number of alkyl carbamates (subject to hydrolysis) is 1. The highest BCUT2D eigenvalue weighted by atomic mass is 16.6. The highest BCUT2D eigenvalue weighted by Crippen LogP contribution is 2.17. The van der Waals surface area contributed by atoms with E-state index in [0.717, 1.165) is 0 Å². The van der Waals surface area contributed by atoms with Crippen LogP contribution in [0.4, 0.5) is 4.79 Å². The van der Waals surface area contributed by atoms with Gasteiger partial charge in [-0.3, -0.25) is 4.79 Å². The summed E-state index contributed by atoms with van der Waals surface area (Å²) in [5.41, 5.74) is -0.549. The third kappa shape index (κ3) is 7.65. The quantitative estimate of drug-likeness (QED) is 0.753. The van der Waals surface area contributed by atoms with E-state index in [2.05, 4.69) is 11.9 Å². The standard InChI is InChI=1S/C15H27NO3/c1-8-12(11(4)17)13(9-10(2)3)16-14(18)19-15(5,6)7/h8,10,12-13H,1,9H2,2-7H3,(H,16,18)/t12-,13-/m0/s1. The summed E-state index contributed by atoms with van der Waals surface area (Å²) in [4.78, 5) is 23.4. The highest BCUT2D eigenvalue weighted by Gasteiger charge is 2.27. The van der Waals surface area contributed by atoms with Gasteiger partial charge < -0.3 is 10.1 Å². The van der Waals surface area contributed by atoms with Crippen LogP contribution >= 0.6 is 0 Å². The maximum Gasteiger partial charge on any atom is 0.407 e. The summed E-state index contributed by atoms with van der Waals surface area (Å²) in [6, 6.07) is -0.273. The van der Waals surface area contributed by atoms with Crippen molar-refractivity contribution in [2.45, 2.75) is 59.6 Å². The number of ether oxygens (including phenoxy) is 1. The first kappa shape index (κ1) is 17.7. The Balaban J connectivity index is 4.81. The van der Waals surface area contributed by atoms with Gasteiger partial charge in [0.2, 0.25) is 0 Å². The van der Waals surface area contributed by atoms with Crippen molar-refractivity contribution in [3.8, 4) is 0 Å². The predicted octanol–water partition coefficient (Wildman–Crippen LogP) is 3.32. The Kier molecular flexibility index (Phi) is 6.81. The topological polar surface area (TPSA) is 55.4 Å². The van der Waals surface area contributed by atoms with Crippen molar-refractivity contribution < 1.29 is 14.3 Å². The largest absolute Gasteiger partial charge is 0.444 e. The van der Waals surface area contributed by atoms with Gasteiger partial charge >= 0.3 is 6.09 Å². The minimum absolute atomic E-state index is 0.00305. The van der Waals surface area contributed by atoms with Gasteiger partial charge in [-0.25, -0.2) is 4.79 Å². The summed E-state index contributed by atoms with van der Waals surface area (Å²) < 4.78 is 5.23. The number of ketones is 1. The minimum atomic E-state index is -0.549. The van der Waals surface area contributed by atoms with Crippen LogP contribution in [0.1, 0.15) is 48.0 Å². The molecule has 0 aromatic heterocycles. The van der Waals surface area contributed by atoms with Crippen LogP contribution in [0.2, 0.25) is 0 Å². The zero-order valence-corrected chi connectivity index (χ0v) is 12.9. The molecule has 110 valence electrons. The Labute approximate surface area is 116 Å². The van der Waals surface area contributed by atoms with E-state index in [-0.39, 0.29) is 17.7 Å². The van der Waals surface area contributed by atoms with E-state index in [1.807, 2.05) is 13.8 Å². The number of Topliss-reactive ketones (excluding diaryl/α,β-unsaturated/α-hetero) is 1. The second kappa shape index (κ2) is 7.31. The maximum absolute atomic E-state index is 11.8. The van der Waals surface area contributed by atoms with Gasteiger partial charge in [-0.2, -0.15) is 0 Å². The van der Waals surface area contributed by atoms with Gasteiger partial charge in [-0.1, -0.05) is 19.9 Å². The average Bonchev–Trinajstić information content (AvgIpc) is 2.12. The molecule has 4 nitrogen and oxygen atoms in total. The Morgan fingerprint density at radius 2 is 1.84 bits per heavy atom. The molecule has 0 aromatic rings. The Morgan fingerprint density at radius 1 is 1.32 bits per heavy atom. The van der Waals surface area contributed by atoms with Gasteiger partial charge in [0.15, 0.2) is 0 Å². The molecule has 4 heteroatoms. The summed E-state index contributed by atoms with van der Waals surface area (Å²) in [5, 5.41) is 2.78. The molecular weight excluding hydrogens is 242 g/mol. The molecule has 1 N–H and O–H groups in total. The Morgan fingerprint density at radius 3 is 2.16 bits per heavy atom. The van der Waals surface area contributed by atoms with Gasteiger partial charge in [0.05, 0.1) is 5.92 Å². The SMILES string of the molecule is C=C[C@@H](C(C)=O)[C@H](CC(C)C)NC(=O)OC(C)(C)C. The lowest BCUT2D eigenvalue weighted by Crippen LogP contribution is -2.45. The predicted molar refractivity (Wildman–Crippen MR) is 77.0 cm³/mol. The molecule has 0 fully saturated rings. The van der Waals surface area contributed by atoms with Crippen LogP contribution in [0, 0.1) is 11.8 Å². The average molecular weight is 269 g/mol. The lowest BCUT2D eigenvalue weighted by atomic mass is 9.89. The van der Waals surface area contributed by atoms with Crippen LogP contribution in [-0.2, 0) is 9.53 Å². The summed E-state index contributed by atoms with van der Waals surface area (Å²) in [6.07, 6.45) is 1.80. The van der Waals surface area contributed by atoms with Crippen LogP contribution in [0.3, 0.4) is 0 Å². The second-order valence-corrected chi connectivity index (χ2v) is 6.25. The molecule has 0 rings (SSSR count). The number of hydrogen-bond donors (Lipinski definition) is 1. The van der Waals surface area contributed by atoms with Gasteiger partial charge in [0, 0.05) is 6.04 Å². The molecule has 19 heavy (non-hydrogen) atoms. The molecule has 0 aliphatic heterocycles. The summed E-state index contributed by atoms with van der Waals surface area (Å²) >= 11 is 0. The second-order valence-electron chi connectivity index (χ2n) is 6.25. The number of nitrogens with one attached hydrogen (secondary N) is 1. The number of amides is 1. The first-order chi connectivity index (χ1) is 8.56. The van der Waals surface area contributed by atoms with Gasteiger partial charge in [-0.15, -0.1) is 6.58 Å². The molecule has 0 radical (unpaired) electrons. The number of hydrogen-bond acceptors (Lipinski definition) is 3. The molecule has 0 aromatic carbocycles. The summed E-state index contributed by atoms with van der Waals surface area (Å²) in [7, 11) is 0.